The Labute approximate surface area is 115 Å². The minimum atomic E-state index is 0.611. The molecule has 0 saturated heterocycles. The van der Waals surface area contributed by atoms with E-state index in [0.29, 0.717) is 12.0 Å². The first-order valence-electron chi connectivity index (χ1n) is 5.85. The second kappa shape index (κ2) is 4.82. The van der Waals surface area contributed by atoms with Crippen LogP contribution < -0.4 is 5.32 Å². The fourth-order valence-corrected chi connectivity index (χ4v) is 2.63. The van der Waals surface area contributed by atoms with Gasteiger partial charge in [0.2, 0.25) is 0 Å². The molecule has 2 nitrogen and oxygen atoms in total. The summed E-state index contributed by atoms with van der Waals surface area (Å²) in [5, 5.41) is 3.54. The van der Waals surface area contributed by atoms with Gasteiger partial charge in [0, 0.05) is 12.0 Å². The first-order valence-corrected chi connectivity index (χ1v) is 6.93. The quantitative estimate of drug-likeness (QED) is 0.862. The second-order valence-corrected chi connectivity index (χ2v) is 5.51. The number of rotatable bonds is 4. The van der Waals surface area contributed by atoms with Crippen LogP contribution in [0.15, 0.2) is 46.9 Å². The van der Waals surface area contributed by atoms with Gasteiger partial charge in [0.1, 0.15) is 5.76 Å². The molecule has 1 aromatic heterocycles. The maximum atomic E-state index is 5.53. The van der Waals surface area contributed by atoms with Crippen LogP contribution in [-0.4, -0.2) is 6.04 Å². The fraction of sp³-hybridized carbons (Fsp3) is 0.286. The first kappa shape index (κ1) is 11.3. The monoisotopic (exact) mass is 339 g/mol. The summed E-state index contributed by atoms with van der Waals surface area (Å²) < 4.78 is 6.48. The van der Waals surface area contributed by atoms with Crippen molar-refractivity contribution in [3.63, 3.8) is 0 Å². The van der Waals surface area contributed by atoms with Gasteiger partial charge >= 0.3 is 0 Å². The van der Waals surface area contributed by atoms with Crippen molar-refractivity contribution in [3.8, 4) is 0 Å². The third-order valence-corrected chi connectivity index (χ3v) is 3.77. The Kier molecular flexibility index (Phi) is 3.20. The second-order valence-electron chi connectivity index (χ2n) is 4.45. The molecule has 0 bridgehead atoms. The third kappa shape index (κ3) is 2.72. The minimum absolute atomic E-state index is 0.611. The molecule has 1 fully saturated rings. The molecule has 2 aromatic rings. The lowest BCUT2D eigenvalue weighted by Crippen LogP contribution is -2.16. The van der Waals surface area contributed by atoms with E-state index in [4.69, 9.17) is 4.42 Å². The normalized spacial score (nSPS) is 22.6. The topological polar surface area (TPSA) is 25.2 Å². The average Bonchev–Trinajstić information content (AvgIpc) is 3.03. The maximum Gasteiger partial charge on any atom is 0.164 e. The van der Waals surface area contributed by atoms with Gasteiger partial charge in [0.05, 0.1) is 6.54 Å². The number of furan rings is 1. The summed E-state index contributed by atoms with van der Waals surface area (Å²) in [7, 11) is 0. The Balaban J connectivity index is 1.53. The number of hydrogen-bond donors (Lipinski definition) is 1. The molecule has 1 aliphatic rings. The van der Waals surface area contributed by atoms with E-state index < -0.39 is 0 Å². The molecule has 2 unspecified atom stereocenters. The fourth-order valence-electron chi connectivity index (χ4n) is 2.17. The largest absolute Gasteiger partial charge is 0.454 e. The lowest BCUT2D eigenvalue weighted by molar-refractivity contribution is 0.461. The summed E-state index contributed by atoms with van der Waals surface area (Å²) in [6, 6.07) is 15.4. The van der Waals surface area contributed by atoms with Gasteiger partial charge in [-0.25, -0.2) is 0 Å². The molecule has 1 saturated carbocycles. The molecular weight excluding hydrogens is 325 g/mol. The van der Waals surface area contributed by atoms with Crippen molar-refractivity contribution in [2.45, 2.75) is 24.9 Å². The molecule has 1 heterocycles. The predicted molar refractivity (Wildman–Crippen MR) is 75.9 cm³/mol. The standard InChI is InChI=1S/C14H14INO/c15-14-7-6-11(17-14)9-16-13-8-12(13)10-4-2-1-3-5-10/h1-7,12-13,16H,8-9H2. The highest BCUT2D eigenvalue weighted by Gasteiger charge is 2.37. The highest BCUT2D eigenvalue weighted by atomic mass is 127. The van der Waals surface area contributed by atoms with Gasteiger partial charge in [-0.1, -0.05) is 30.3 Å². The van der Waals surface area contributed by atoms with Gasteiger partial charge < -0.3 is 9.73 Å². The van der Waals surface area contributed by atoms with Gasteiger partial charge in [-0.3, -0.25) is 0 Å². The van der Waals surface area contributed by atoms with E-state index in [-0.39, 0.29) is 0 Å². The van der Waals surface area contributed by atoms with Crippen molar-refractivity contribution < 1.29 is 4.42 Å². The lowest BCUT2D eigenvalue weighted by atomic mass is 10.1. The zero-order valence-electron chi connectivity index (χ0n) is 9.40. The molecule has 1 aliphatic carbocycles. The zero-order chi connectivity index (χ0) is 11.7. The summed E-state index contributed by atoms with van der Waals surface area (Å²) in [4.78, 5) is 0. The van der Waals surface area contributed by atoms with Crippen molar-refractivity contribution in [3.05, 3.63) is 57.6 Å². The smallest absolute Gasteiger partial charge is 0.164 e. The lowest BCUT2D eigenvalue weighted by Gasteiger charge is -2.02. The Morgan fingerprint density at radius 1 is 1.18 bits per heavy atom. The molecule has 1 aromatic carbocycles. The van der Waals surface area contributed by atoms with Crippen LogP contribution in [0, 0.1) is 3.77 Å². The number of hydrogen-bond acceptors (Lipinski definition) is 2. The molecule has 17 heavy (non-hydrogen) atoms. The SMILES string of the molecule is Ic1ccc(CNC2CC2c2ccccc2)o1. The summed E-state index contributed by atoms with van der Waals surface area (Å²) >= 11 is 2.19. The van der Waals surface area contributed by atoms with Crippen LogP contribution in [0.2, 0.25) is 0 Å². The Hall–Kier alpha value is -0.810. The molecule has 3 heteroatoms. The van der Waals surface area contributed by atoms with Gasteiger partial charge in [-0.2, -0.15) is 0 Å². The van der Waals surface area contributed by atoms with Crippen LogP contribution in [0.4, 0.5) is 0 Å². The molecule has 3 rings (SSSR count). The van der Waals surface area contributed by atoms with Crippen molar-refractivity contribution in [2.75, 3.05) is 0 Å². The van der Waals surface area contributed by atoms with E-state index in [9.17, 15) is 0 Å². The van der Waals surface area contributed by atoms with E-state index in [2.05, 4.69) is 58.2 Å². The highest BCUT2D eigenvalue weighted by Crippen LogP contribution is 2.40. The van der Waals surface area contributed by atoms with Crippen LogP contribution in [0.1, 0.15) is 23.7 Å². The van der Waals surface area contributed by atoms with Crippen molar-refractivity contribution in [1.29, 1.82) is 0 Å². The molecule has 88 valence electrons. The molecule has 2 atom stereocenters. The van der Waals surface area contributed by atoms with E-state index >= 15 is 0 Å². The Bertz CT molecular complexity index is 494. The van der Waals surface area contributed by atoms with E-state index in [1.807, 2.05) is 12.1 Å². The van der Waals surface area contributed by atoms with Gasteiger partial charge in [0.25, 0.3) is 0 Å². The molecule has 0 spiro atoms. The zero-order valence-corrected chi connectivity index (χ0v) is 11.6. The van der Waals surface area contributed by atoms with Crippen LogP contribution in [-0.2, 0) is 6.54 Å². The number of nitrogens with one attached hydrogen (secondary N) is 1. The molecule has 0 radical (unpaired) electrons. The van der Waals surface area contributed by atoms with Crippen molar-refractivity contribution >= 4 is 22.6 Å². The summed E-state index contributed by atoms with van der Waals surface area (Å²) in [5.74, 6) is 1.71. The van der Waals surface area contributed by atoms with Gasteiger partial charge in [0.15, 0.2) is 3.77 Å². The number of halogens is 1. The Morgan fingerprint density at radius 3 is 2.71 bits per heavy atom. The Morgan fingerprint density at radius 2 is 2.00 bits per heavy atom. The summed E-state index contributed by atoms with van der Waals surface area (Å²) in [5.41, 5.74) is 1.44. The first-order chi connectivity index (χ1) is 8.33. The summed E-state index contributed by atoms with van der Waals surface area (Å²) in [6.07, 6.45) is 1.24. The van der Waals surface area contributed by atoms with E-state index in [1.54, 1.807) is 0 Å². The molecular formula is C14H14INO. The number of benzene rings is 1. The third-order valence-electron chi connectivity index (χ3n) is 3.19. The van der Waals surface area contributed by atoms with E-state index in [1.165, 1.54) is 12.0 Å². The average molecular weight is 339 g/mol. The van der Waals surface area contributed by atoms with Gasteiger partial charge in [-0.15, -0.1) is 0 Å². The van der Waals surface area contributed by atoms with Crippen LogP contribution in [0.5, 0.6) is 0 Å². The minimum Gasteiger partial charge on any atom is -0.454 e. The molecule has 0 amide bonds. The summed E-state index contributed by atoms with van der Waals surface area (Å²) in [6.45, 7) is 0.830. The van der Waals surface area contributed by atoms with Crippen molar-refractivity contribution in [1.82, 2.24) is 5.32 Å². The molecule has 0 aliphatic heterocycles. The predicted octanol–water partition coefficient (Wildman–Crippen LogP) is 3.53. The maximum absolute atomic E-state index is 5.53. The van der Waals surface area contributed by atoms with Gasteiger partial charge in [-0.05, 0) is 46.7 Å². The highest BCUT2D eigenvalue weighted by molar-refractivity contribution is 14.1. The van der Waals surface area contributed by atoms with Crippen LogP contribution >= 0.6 is 22.6 Å². The van der Waals surface area contributed by atoms with Crippen molar-refractivity contribution in [2.24, 2.45) is 0 Å². The van der Waals surface area contributed by atoms with Crippen LogP contribution in [0.25, 0.3) is 0 Å². The van der Waals surface area contributed by atoms with Crippen LogP contribution in [0.3, 0.4) is 0 Å². The van der Waals surface area contributed by atoms with E-state index in [0.717, 1.165) is 16.1 Å². The molecule has 1 N–H and O–H groups in total.